The molecule has 1 saturated heterocycles. The van der Waals surface area contributed by atoms with Crippen LogP contribution in [0.2, 0.25) is 0 Å². The lowest BCUT2D eigenvalue weighted by Gasteiger charge is -2.23. The average molecular weight is 330 g/mol. The summed E-state index contributed by atoms with van der Waals surface area (Å²) in [5, 5.41) is 0. The van der Waals surface area contributed by atoms with Crippen LogP contribution in [0.4, 0.5) is 0 Å². The van der Waals surface area contributed by atoms with E-state index in [9.17, 15) is 4.79 Å². The number of benzene rings is 1. The molecule has 1 saturated carbocycles. The minimum Gasteiger partial charge on any atom is -0.493 e. The summed E-state index contributed by atoms with van der Waals surface area (Å²) < 4.78 is 5.91. The maximum Gasteiger partial charge on any atom is 0.253 e. The lowest BCUT2D eigenvalue weighted by Crippen LogP contribution is -2.34. The third-order valence-corrected chi connectivity index (χ3v) is 5.65. The van der Waals surface area contributed by atoms with Crippen LogP contribution in [0.3, 0.4) is 0 Å². The van der Waals surface area contributed by atoms with Crippen LogP contribution in [0.25, 0.3) is 0 Å². The van der Waals surface area contributed by atoms with E-state index in [2.05, 4.69) is 6.92 Å². The number of nitrogens with zero attached hydrogens (tertiary/aromatic N) is 1. The molecule has 2 aliphatic rings. The Morgan fingerprint density at radius 2 is 1.96 bits per heavy atom. The summed E-state index contributed by atoms with van der Waals surface area (Å²) in [4.78, 5) is 14.5. The predicted octanol–water partition coefficient (Wildman–Crippen LogP) is 3.46. The highest BCUT2D eigenvalue weighted by Crippen LogP contribution is 2.30. The number of nitrogens with two attached hydrogens (primary N) is 1. The number of likely N-dealkylation sites (tertiary alicyclic amines) is 1. The molecule has 4 nitrogen and oxygen atoms in total. The predicted molar refractivity (Wildman–Crippen MR) is 96.2 cm³/mol. The summed E-state index contributed by atoms with van der Waals surface area (Å²) in [6.45, 7) is 5.14. The van der Waals surface area contributed by atoms with Crippen LogP contribution in [0, 0.1) is 11.3 Å². The molecule has 0 bridgehead atoms. The van der Waals surface area contributed by atoms with Crippen molar-refractivity contribution < 1.29 is 9.53 Å². The number of hydrogen-bond donors (Lipinski definition) is 1. The highest BCUT2D eigenvalue weighted by atomic mass is 16.5. The van der Waals surface area contributed by atoms with Gasteiger partial charge in [-0.3, -0.25) is 4.79 Å². The topological polar surface area (TPSA) is 55.6 Å². The first kappa shape index (κ1) is 17.3. The van der Waals surface area contributed by atoms with Crippen LogP contribution in [0.1, 0.15) is 55.8 Å². The fourth-order valence-electron chi connectivity index (χ4n) is 3.81. The van der Waals surface area contributed by atoms with Gasteiger partial charge in [-0.25, -0.2) is 0 Å². The molecule has 0 aromatic heterocycles. The van der Waals surface area contributed by atoms with Crippen molar-refractivity contribution >= 4 is 5.91 Å². The number of hydrogen-bond acceptors (Lipinski definition) is 3. The fraction of sp³-hybridized carbons (Fsp3) is 0.650. The second-order valence-corrected chi connectivity index (χ2v) is 7.83. The highest BCUT2D eigenvalue weighted by Gasteiger charge is 2.35. The van der Waals surface area contributed by atoms with Crippen LogP contribution in [0.15, 0.2) is 24.3 Å². The third kappa shape index (κ3) is 4.10. The Hall–Kier alpha value is -1.55. The Kier molecular flexibility index (Phi) is 5.44. The molecule has 0 spiro atoms. The Labute approximate surface area is 145 Å². The molecule has 24 heavy (non-hydrogen) atoms. The Morgan fingerprint density at radius 1 is 1.25 bits per heavy atom. The number of amides is 1. The molecule has 1 aromatic rings. The number of carbonyl (C=O) groups is 1. The lowest BCUT2D eigenvalue weighted by atomic mass is 9.90. The van der Waals surface area contributed by atoms with Crippen molar-refractivity contribution in [3.8, 4) is 5.75 Å². The standard InChI is InChI=1S/C20H30N2O2/c1-20(14-21)11-12-22(15-20)19(23)17-7-9-18(10-8-17)24-13-16-5-3-2-4-6-16/h7-10,16H,2-6,11-15,21H2,1H3. The molecular weight excluding hydrogens is 300 g/mol. The van der Waals surface area contributed by atoms with Crippen LogP contribution >= 0.6 is 0 Å². The number of rotatable bonds is 5. The normalized spacial score (nSPS) is 25.0. The monoisotopic (exact) mass is 330 g/mol. The van der Waals surface area contributed by atoms with Crippen LogP contribution < -0.4 is 10.5 Å². The molecule has 2 fully saturated rings. The minimum absolute atomic E-state index is 0.0682. The van der Waals surface area contributed by atoms with E-state index in [1.54, 1.807) is 0 Å². The summed E-state index contributed by atoms with van der Waals surface area (Å²) in [5.74, 6) is 1.66. The van der Waals surface area contributed by atoms with Gasteiger partial charge >= 0.3 is 0 Å². The molecule has 0 radical (unpaired) electrons. The van der Waals surface area contributed by atoms with Gasteiger partial charge in [-0.15, -0.1) is 0 Å². The Balaban J connectivity index is 1.53. The average Bonchev–Trinajstić information content (AvgIpc) is 3.04. The molecule has 1 aliphatic heterocycles. The van der Waals surface area contributed by atoms with Crippen molar-refractivity contribution in [2.75, 3.05) is 26.2 Å². The van der Waals surface area contributed by atoms with E-state index in [4.69, 9.17) is 10.5 Å². The SMILES string of the molecule is CC1(CN)CCN(C(=O)c2ccc(OCC3CCCCC3)cc2)C1. The van der Waals surface area contributed by atoms with E-state index in [0.29, 0.717) is 12.5 Å². The third-order valence-electron chi connectivity index (χ3n) is 5.65. The maximum atomic E-state index is 12.6. The Morgan fingerprint density at radius 3 is 2.58 bits per heavy atom. The second kappa shape index (κ2) is 7.56. The van der Waals surface area contributed by atoms with Crippen LogP contribution in [0.5, 0.6) is 5.75 Å². The molecule has 2 N–H and O–H groups in total. The van der Waals surface area contributed by atoms with Gasteiger partial charge in [-0.1, -0.05) is 26.2 Å². The first-order valence-corrected chi connectivity index (χ1v) is 9.32. The van der Waals surface area contributed by atoms with Crippen LogP contribution in [-0.2, 0) is 0 Å². The van der Waals surface area contributed by atoms with Gasteiger partial charge < -0.3 is 15.4 Å². The van der Waals surface area contributed by atoms with Gasteiger partial charge in [0.05, 0.1) is 6.61 Å². The molecule has 1 amide bonds. The van der Waals surface area contributed by atoms with E-state index in [1.807, 2.05) is 29.2 Å². The highest BCUT2D eigenvalue weighted by molar-refractivity contribution is 5.94. The molecule has 1 unspecified atom stereocenters. The van der Waals surface area contributed by atoms with Crippen LogP contribution in [-0.4, -0.2) is 37.0 Å². The van der Waals surface area contributed by atoms with Gasteiger partial charge in [-0.2, -0.15) is 0 Å². The van der Waals surface area contributed by atoms with Gasteiger partial charge in [0.15, 0.2) is 0 Å². The van der Waals surface area contributed by atoms with Gasteiger partial charge in [0, 0.05) is 18.7 Å². The molecule has 132 valence electrons. The molecule has 3 rings (SSSR count). The van der Waals surface area contributed by atoms with Gasteiger partial charge in [0.25, 0.3) is 5.91 Å². The zero-order valence-electron chi connectivity index (χ0n) is 14.8. The molecule has 1 aliphatic carbocycles. The first-order valence-electron chi connectivity index (χ1n) is 9.32. The van der Waals surface area contributed by atoms with Crippen molar-refractivity contribution in [2.24, 2.45) is 17.1 Å². The summed E-state index contributed by atoms with van der Waals surface area (Å²) >= 11 is 0. The number of carbonyl (C=O) groups excluding carboxylic acids is 1. The van der Waals surface area contributed by atoms with Crippen molar-refractivity contribution in [3.63, 3.8) is 0 Å². The van der Waals surface area contributed by atoms with E-state index >= 15 is 0 Å². The maximum absolute atomic E-state index is 12.6. The smallest absolute Gasteiger partial charge is 0.253 e. The van der Waals surface area contributed by atoms with E-state index < -0.39 is 0 Å². The van der Waals surface area contributed by atoms with E-state index in [-0.39, 0.29) is 11.3 Å². The van der Waals surface area contributed by atoms with Gasteiger partial charge in [0.1, 0.15) is 5.75 Å². The Bertz CT molecular complexity index is 551. The zero-order chi connectivity index (χ0) is 17.0. The summed E-state index contributed by atoms with van der Waals surface area (Å²) in [7, 11) is 0. The van der Waals surface area contributed by atoms with Gasteiger partial charge in [-0.05, 0) is 61.4 Å². The minimum atomic E-state index is 0.0682. The largest absolute Gasteiger partial charge is 0.493 e. The zero-order valence-corrected chi connectivity index (χ0v) is 14.8. The van der Waals surface area contributed by atoms with E-state index in [1.165, 1.54) is 32.1 Å². The fourth-order valence-corrected chi connectivity index (χ4v) is 3.81. The molecule has 1 aromatic carbocycles. The molecule has 1 heterocycles. The first-order chi connectivity index (χ1) is 11.6. The second-order valence-electron chi connectivity index (χ2n) is 7.83. The van der Waals surface area contributed by atoms with Crippen molar-refractivity contribution in [1.29, 1.82) is 0 Å². The lowest BCUT2D eigenvalue weighted by molar-refractivity contribution is 0.0777. The molecule has 4 heteroatoms. The quantitative estimate of drug-likeness (QED) is 0.899. The summed E-state index contributed by atoms with van der Waals surface area (Å²) in [6, 6.07) is 7.62. The van der Waals surface area contributed by atoms with Crippen molar-refractivity contribution in [3.05, 3.63) is 29.8 Å². The molecule has 1 atom stereocenters. The van der Waals surface area contributed by atoms with Crippen molar-refractivity contribution in [2.45, 2.75) is 45.4 Å². The van der Waals surface area contributed by atoms with E-state index in [0.717, 1.165) is 37.4 Å². The summed E-state index contributed by atoms with van der Waals surface area (Å²) in [6.07, 6.45) is 7.58. The summed E-state index contributed by atoms with van der Waals surface area (Å²) in [5.41, 5.74) is 6.63. The van der Waals surface area contributed by atoms with Crippen molar-refractivity contribution in [1.82, 2.24) is 4.90 Å². The molecular formula is C20H30N2O2. The number of ether oxygens (including phenoxy) is 1. The van der Waals surface area contributed by atoms with Gasteiger partial charge in [0.2, 0.25) is 0 Å².